The van der Waals surface area contributed by atoms with E-state index in [0.29, 0.717) is 12.2 Å². The molecule has 0 amide bonds. The number of non-ortho nitro benzene ring substituents is 1. The molecule has 0 fully saturated rings. The Morgan fingerprint density at radius 2 is 1.62 bits per heavy atom. The molecule has 0 bridgehead atoms. The smallest absolute Gasteiger partial charge is 0.296 e. The lowest BCUT2D eigenvalue weighted by Gasteiger charge is -2.26. The zero-order valence-electron chi connectivity index (χ0n) is 14.8. The van der Waals surface area contributed by atoms with E-state index in [4.69, 9.17) is 8.92 Å². The van der Waals surface area contributed by atoms with Gasteiger partial charge in [-0.15, -0.1) is 0 Å². The van der Waals surface area contributed by atoms with Crippen LogP contribution in [0.5, 0.6) is 5.75 Å². The summed E-state index contributed by atoms with van der Waals surface area (Å²) in [4.78, 5) is 10.3. The number of nitrogens with zero attached hydrogens (tertiary/aromatic N) is 1. The van der Waals surface area contributed by atoms with Gasteiger partial charge in [-0.25, -0.2) is 0 Å². The highest BCUT2D eigenvalue weighted by atomic mass is 32.2. The minimum Gasteiger partial charge on any atom is -0.488 e. The van der Waals surface area contributed by atoms with E-state index in [-0.39, 0.29) is 17.2 Å². The molecule has 0 saturated carbocycles. The van der Waals surface area contributed by atoms with Crippen molar-refractivity contribution in [1.29, 1.82) is 0 Å². The average Bonchev–Trinajstić information content (AvgIpc) is 2.55. The van der Waals surface area contributed by atoms with E-state index < -0.39 is 20.6 Å². The van der Waals surface area contributed by atoms with Crippen molar-refractivity contribution in [2.45, 2.75) is 37.7 Å². The van der Waals surface area contributed by atoms with Crippen LogP contribution >= 0.6 is 0 Å². The second kappa shape index (κ2) is 7.84. The summed E-state index contributed by atoms with van der Waals surface area (Å²) < 4.78 is 35.2. The van der Waals surface area contributed by atoms with Crippen LogP contribution in [0.2, 0.25) is 0 Å². The molecule has 0 aromatic heterocycles. The van der Waals surface area contributed by atoms with E-state index in [0.717, 1.165) is 5.56 Å². The third-order valence-electron chi connectivity index (χ3n) is 3.69. The molecule has 0 aliphatic carbocycles. The van der Waals surface area contributed by atoms with Crippen molar-refractivity contribution in [2.75, 3.05) is 6.61 Å². The van der Waals surface area contributed by atoms with Crippen LogP contribution in [0.4, 0.5) is 5.69 Å². The van der Waals surface area contributed by atoms with E-state index in [1.165, 1.54) is 36.4 Å². The normalized spacial score (nSPS) is 12.0. The van der Waals surface area contributed by atoms with Gasteiger partial charge in [-0.05, 0) is 45.0 Å². The minimum atomic E-state index is -3.82. The Kier molecular flexibility index (Phi) is 5.99. The molecule has 2 aromatic rings. The van der Waals surface area contributed by atoms with Crippen LogP contribution in [-0.4, -0.2) is 25.5 Å². The SMILES string of the molecule is Cc1ccc(S(=O)(=O)OCCC(C)(C)Oc2ccc([N+](=O)[O-])cc2)cc1. The number of hydrogen-bond donors (Lipinski definition) is 0. The quantitative estimate of drug-likeness (QED) is 0.393. The molecule has 0 radical (unpaired) electrons. The first-order valence-electron chi connectivity index (χ1n) is 7.99. The fraction of sp³-hybridized carbons (Fsp3) is 0.333. The van der Waals surface area contributed by atoms with Crippen LogP contribution in [0.25, 0.3) is 0 Å². The third-order valence-corrected chi connectivity index (χ3v) is 5.02. The highest BCUT2D eigenvalue weighted by Crippen LogP contribution is 2.24. The van der Waals surface area contributed by atoms with Crippen molar-refractivity contribution in [3.05, 3.63) is 64.2 Å². The van der Waals surface area contributed by atoms with E-state index >= 15 is 0 Å². The van der Waals surface area contributed by atoms with Gasteiger partial charge < -0.3 is 4.74 Å². The van der Waals surface area contributed by atoms with Crippen molar-refractivity contribution in [2.24, 2.45) is 0 Å². The second-order valence-corrected chi connectivity index (χ2v) is 8.07. The van der Waals surface area contributed by atoms with Gasteiger partial charge in [0.2, 0.25) is 0 Å². The maximum absolute atomic E-state index is 12.2. The van der Waals surface area contributed by atoms with Crippen molar-refractivity contribution in [3.63, 3.8) is 0 Å². The number of nitro groups is 1. The lowest BCUT2D eigenvalue weighted by atomic mass is 10.1. The monoisotopic (exact) mass is 379 g/mol. The van der Waals surface area contributed by atoms with Crippen LogP contribution in [0.15, 0.2) is 53.4 Å². The topological polar surface area (TPSA) is 95.7 Å². The molecule has 2 aromatic carbocycles. The molecule has 0 atom stereocenters. The molecule has 8 heteroatoms. The van der Waals surface area contributed by atoms with Crippen molar-refractivity contribution in [3.8, 4) is 5.75 Å². The molecule has 0 saturated heterocycles. The molecule has 0 unspecified atom stereocenters. The highest BCUT2D eigenvalue weighted by Gasteiger charge is 2.23. The van der Waals surface area contributed by atoms with Gasteiger partial charge >= 0.3 is 0 Å². The van der Waals surface area contributed by atoms with Gasteiger partial charge in [0.15, 0.2) is 0 Å². The summed E-state index contributed by atoms with van der Waals surface area (Å²) in [6, 6.07) is 12.1. The van der Waals surface area contributed by atoms with Crippen LogP contribution in [0.1, 0.15) is 25.8 Å². The first-order chi connectivity index (χ1) is 12.1. The Bertz CT molecular complexity index is 858. The maximum atomic E-state index is 12.2. The van der Waals surface area contributed by atoms with Gasteiger partial charge in [0.05, 0.1) is 16.4 Å². The molecule has 0 heterocycles. The molecule has 7 nitrogen and oxygen atoms in total. The zero-order chi connectivity index (χ0) is 19.4. The van der Waals surface area contributed by atoms with Crippen LogP contribution in [0.3, 0.4) is 0 Å². The summed E-state index contributed by atoms with van der Waals surface area (Å²) in [6.07, 6.45) is 0.315. The van der Waals surface area contributed by atoms with Gasteiger partial charge in [-0.3, -0.25) is 14.3 Å². The molecule has 26 heavy (non-hydrogen) atoms. The molecule has 140 valence electrons. The van der Waals surface area contributed by atoms with E-state index in [1.807, 2.05) is 6.92 Å². The molecular formula is C18H21NO6S. The van der Waals surface area contributed by atoms with E-state index in [2.05, 4.69) is 0 Å². The van der Waals surface area contributed by atoms with Crippen LogP contribution in [0, 0.1) is 17.0 Å². The minimum absolute atomic E-state index is 0.0253. The molecule has 0 aliphatic heterocycles. The maximum Gasteiger partial charge on any atom is 0.296 e. The number of rotatable bonds is 8. The lowest BCUT2D eigenvalue weighted by Crippen LogP contribution is -2.30. The Labute approximate surface area is 152 Å². The summed E-state index contributed by atoms with van der Waals surface area (Å²) in [7, 11) is -3.82. The summed E-state index contributed by atoms with van der Waals surface area (Å²) in [5, 5.41) is 10.7. The van der Waals surface area contributed by atoms with Crippen LogP contribution < -0.4 is 4.74 Å². The zero-order valence-corrected chi connectivity index (χ0v) is 15.7. The number of benzene rings is 2. The molecular weight excluding hydrogens is 358 g/mol. The standard InChI is InChI=1S/C18H21NO6S/c1-14-4-10-17(11-5-14)26(22,23)24-13-12-18(2,3)25-16-8-6-15(7-9-16)19(20)21/h4-11H,12-13H2,1-3H3. The van der Waals surface area contributed by atoms with Gasteiger partial charge in [0.1, 0.15) is 11.4 Å². The highest BCUT2D eigenvalue weighted by molar-refractivity contribution is 7.86. The fourth-order valence-corrected chi connectivity index (χ4v) is 3.08. The van der Waals surface area contributed by atoms with Gasteiger partial charge in [0.25, 0.3) is 15.8 Å². The average molecular weight is 379 g/mol. The van der Waals surface area contributed by atoms with Gasteiger partial charge in [-0.1, -0.05) is 17.7 Å². The molecule has 0 aliphatic rings. The van der Waals surface area contributed by atoms with Crippen molar-refractivity contribution < 1.29 is 22.3 Å². The third kappa shape index (κ3) is 5.53. The van der Waals surface area contributed by atoms with E-state index in [9.17, 15) is 18.5 Å². The van der Waals surface area contributed by atoms with Gasteiger partial charge in [0, 0.05) is 18.6 Å². The number of ether oxygens (including phenoxy) is 1. The van der Waals surface area contributed by atoms with Crippen molar-refractivity contribution in [1.82, 2.24) is 0 Å². The predicted molar refractivity (Wildman–Crippen MR) is 96.7 cm³/mol. The largest absolute Gasteiger partial charge is 0.488 e. The summed E-state index contributed by atoms with van der Waals surface area (Å²) in [5.41, 5.74) is 0.225. The van der Waals surface area contributed by atoms with Gasteiger partial charge in [-0.2, -0.15) is 8.42 Å². The molecule has 2 rings (SSSR count). The fourth-order valence-electron chi connectivity index (χ4n) is 2.18. The number of nitro benzene ring substituents is 1. The predicted octanol–water partition coefficient (Wildman–Crippen LogP) is 3.86. The Morgan fingerprint density at radius 3 is 2.15 bits per heavy atom. The number of aryl methyl sites for hydroxylation is 1. The number of hydrogen-bond acceptors (Lipinski definition) is 6. The Balaban J connectivity index is 1.92. The Hall–Kier alpha value is -2.45. The molecule has 0 N–H and O–H groups in total. The van der Waals surface area contributed by atoms with E-state index in [1.54, 1.807) is 26.0 Å². The summed E-state index contributed by atoms with van der Waals surface area (Å²) >= 11 is 0. The summed E-state index contributed by atoms with van der Waals surface area (Å²) in [5.74, 6) is 0.460. The molecule has 0 spiro atoms. The van der Waals surface area contributed by atoms with Crippen molar-refractivity contribution >= 4 is 15.8 Å². The lowest BCUT2D eigenvalue weighted by molar-refractivity contribution is -0.384. The first kappa shape index (κ1) is 19.9. The first-order valence-corrected chi connectivity index (χ1v) is 9.39. The second-order valence-electron chi connectivity index (χ2n) is 6.45. The van der Waals surface area contributed by atoms with Crippen LogP contribution in [-0.2, 0) is 14.3 Å². The Morgan fingerprint density at radius 1 is 1.04 bits per heavy atom. The summed E-state index contributed by atoms with van der Waals surface area (Å²) in [6.45, 7) is 5.40.